The molecule has 0 aliphatic heterocycles. The normalized spacial score (nSPS) is 13.5. The molecule has 0 saturated heterocycles. The minimum atomic E-state index is -0.277. The second-order valence-electron chi connectivity index (χ2n) is 6.74. The van der Waals surface area contributed by atoms with Crippen molar-refractivity contribution in [3.8, 4) is 0 Å². The molecule has 1 saturated carbocycles. The first-order chi connectivity index (χ1) is 13.7. The molecule has 28 heavy (non-hydrogen) atoms. The van der Waals surface area contributed by atoms with E-state index >= 15 is 0 Å². The molecule has 1 heterocycles. The Labute approximate surface area is 166 Å². The zero-order chi connectivity index (χ0) is 19.3. The number of thioether (sulfide) groups is 1. The monoisotopic (exact) mass is 397 g/mol. The fraction of sp³-hybridized carbons (Fsp3) is 0.300. The number of nitrogens with zero attached hydrogens (tertiary/aromatic N) is 5. The van der Waals surface area contributed by atoms with Crippen LogP contribution in [0.3, 0.4) is 0 Å². The lowest BCUT2D eigenvalue weighted by Gasteiger charge is -2.22. The summed E-state index contributed by atoms with van der Waals surface area (Å²) >= 11 is 1.31. The van der Waals surface area contributed by atoms with Crippen LogP contribution in [0.15, 0.2) is 59.8 Å². The molecule has 3 aromatic rings. The number of rotatable bonds is 8. The number of hydrogen-bond donors (Lipinski definition) is 0. The smallest absolute Gasteiger partial charge is 0.233 e. The van der Waals surface area contributed by atoms with Crippen LogP contribution in [0.5, 0.6) is 0 Å². The lowest BCUT2D eigenvalue weighted by atomic mass is 10.2. The summed E-state index contributed by atoms with van der Waals surface area (Å²) in [5.41, 5.74) is 1.63. The average Bonchev–Trinajstić information content (AvgIpc) is 3.46. The van der Waals surface area contributed by atoms with Gasteiger partial charge in [0.2, 0.25) is 11.1 Å². The molecule has 6 nitrogen and oxygen atoms in total. The highest BCUT2D eigenvalue weighted by Gasteiger charge is 2.33. The fourth-order valence-corrected chi connectivity index (χ4v) is 3.74. The summed E-state index contributed by atoms with van der Waals surface area (Å²) in [6, 6.07) is 16.7. The third kappa shape index (κ3) is 4.56. The van der Waals surface area contributed by atoms with Gasteiger partial charge in [-0.2, -0.15) is 0 Å². The molecular formula is C20H20FN5OS. The van der Waals surface area contributed by atoms with E-state index in [9.17, 15) is 9.18 Å². The number of carbonyl (C=O) groups is 1. The van der Waals surface area contributed by atoms with Crippen LogP contribution in [0.2, 0.25) is 0 Å². The van der Waals surface area contributed by atoms with Gasteiger partial charge in [0.05, 0.1) is 12.3 Å². The fourth-order valence-electron chi connectivity index (χ4n) is 2.98. The van der Waals surface area contributed by atoms with E-state index in [2.05, 4.69) is 15.5 Å². The number of tetrazole rings is 1. The SMILES string of the molecule is O=C(CSc1nnnn1Cc1ccccc1)N(Cc1ccccc1F)C1CC1. The summed E-state index contributed by atoms with van der Waals surface area (Å²) in [7, 11) is 0. The number of amides is 1. The van der Waals surface area contributed by atoms with Crippen molar-refractivity contribution in [2.75, 3.05) is 5.75 Å². The van der Waals surface area contributed by atoms with Crippen LogP contribution in [0.1, 0.15) is 24.0 Å². The van der Waals surface area contributed by atoms with E-state index in [1.165, 1.54) is 17.8 Å². The lowest BCUT2D eigenvalue weighted by molar-refractivity contribution is -0.129. The molecule has 1 aromatic heterocycles. The van der Waals surface area contributed by atoms with Crippen molar-refractivity contribution < 1.29 is 9.18 Å². The Morgan fingerprint density at radius 3 is 2.64 bits per heavy atom. The predicted molar refractivity (Wildman–Crippen MR) is 104 cm³/mol. The van der Waals surface area contributed by atoms with Crippen molar-refractivity contribution >= 4 is 17.7 Å². The molecule has 1 amide bonds. The molecular weight excluding hydrogens is 377 g/mol. The summed E-state index contributed by atoms with van der Waals surface area (Å²) in [6.07, 6.45) is 1.94. The minimum Gasteiger partial charge on any atom is -0.335 e. The van der Waals surface area contributed by atoms with Crippen LogP contribution in [0, 0.1) is 5.82 Å². The zero-order valence-corrected chi connectivity index (χ0v) is 16.1. The maximum Gasteiger partial charge on any atom is 0.233 e. The van der Waals surface area contributed by atoms with Crippen LogP contribution >= 0.6 is 11.8 Å². The molecule has 0 radical (unpaired) electrons. The molecule has 1 aliphatic carbocycles. The Balaban J connectivity index is 1.39. The summed E-state index contributed by atoms with van der Waals surface area (Å²) < 4.78 is 15.7. The van der Waals surface area contributed by atoms with Gasteiger partial charge in [0.1, 0.15) is 5.82 Å². The standard InChI is InChI=1S/C20H20FN5OS/c21-18-9-5-4-8-16(18)13-25(17-10-11-17)19(27)14-28-20-22-23-24-26(20)12-15-6-2-1-3-7-15/h1-9,17H,10-14H2. The Hall–Kier alpha value is -2.74. The van der Waals surface area contributed by atoms with Crippen LogP contribution in [-0.2, 0) is 17.9 Å². The number of aromatic nitrogens is 4. The van der Waals surface area contributed by atoms with Gasteiger partial charge >= 0.3 is 0 Å². The van der Waals surface area contributed by atoms with Crippen molar-refractivity contribution in [2.24, 2.45) is 0 Å². The Bertz CT molecular complexity index is 945. The molecule has 0 bridgehead atoms. The van der Waals surface area contributed by atoms with Gasteiger partial charge in [-0.1, -0.05) is 60.3 Å². The van der Waals surface area contributed by atoms with E-state index in [4.69, 9.17) is 0 Å². The van der Waals surface area contributed by atoms with Crippen molar-refractivity contribution in [1.29, 1.82) is 0 Å². The van der Waals surface area contributed by atoms with Crippen molar-refractivity contribution in [2.45, 2.75) is 37.1 Å². The van der Waals surface area contributed by atoms with Crippen molar-refractivity contribution in [1.82, 2.24) is 25.1 Å². The third-order valence-electron chi connectivity index (χ3n) is 4.61. The van der Waals surface area contributed by atoms with E-state index < -0.39 is 0 Å². The van der Waals surface area contributed by atoms with E-state index in [0.29, 0.717) is 23.8 Å². The Kier molecular flexibility index (Phi) is 5.66. The number of hydrogen-bond acceptors (Lipinski definition) is 5. The highest BCUT2D eigenvalue weighted by Crippen LogP contribution is 2.30. The van der Waals surface area contributed by atoms with Crippen LogP contribution in [0.4, 0.5) is 4.39 Å². The molecule has 1 aliphatic rings. The number of benzene rings is 2. The van der Waals surface area contributed by atoms with Crippen molar-refractivity contribution in [3.63, 3.8) is 0 Å². The molecule has 1 fully saturated rings. The summed E-state index contributed by atoms with van der Waals surface area (Å²) in [4.78, 5) is 14.6. The first kappa shape index (κ1) is 18.6. The largest absolute Gasteiger partial charge is 0.335 e. The van der Waals surface area contributed by atoms with Gasteiger partial charge in [-0.05, 0) is 34.9 Å². The van der Waals surface area contributed by atoms with Gasteiger partial charge in [-0.25, -0.2) is 9.07 Å². The first-order valence-electron chi connectivity index (χ1n) is 9.16. The minimum absolute atomic E-state index is 0.0231. The second kappa shape index (κ2) is 8.52. The summed E-state index contributed by atoms with van der Waals surface area (Å²) in [5, 5.41) is 12.4. The maximum absolute atomic E-state index is 14.0. The maximum atomic E-state index is 14.0. The molecule has 2 aromatic carbocycles. The molecule has 4 rings (SSSR count). The van der Waals surface area contributed by atoms with E-state index in [1.54, 1.807) is 27.8 Å². The average molecular weight is 397 g/mol. The second-order valence-corrected chi connectivity index (χ2v) is 7.68. The van der Waals surface area contributed by atoms with Crippen molar-refractivity contribution in [3.05, 3.63) is 71.5 Å². The van der Waals surface area contributed by atoms with Crippen LogP contribution in [0.25, 0.3) is 0 Å². The first-order valence-corrected chi connectivity index (χ1v) is 10.1. The topological polar surface area (TPSA) is 63.9 Å². The lowest BCUT2D eigenvalue weighted by Crippen LogP contribution is -2.34. The van der Waals surface area contributed by atoms with Gasteiger partial charge in [-0.15, -0.1) is 5.10 Å². The summed E-state index contributed by atoms with van der Waals surface area (Å²) in [6.45, 7) is 0.845. The van der Waals surface area contributed by atoms with Gasteiger partial charge in [-0.3, -0.25) is 4.79 Å². The highest BCUT2D eigenvalue weighted by atomic mass is 32.2. The van der Waals surface area contributed by atoms with Gasteiger partial charge in [0, 0.05) is 18.2 Å². The quantitative estimate of drug-likeness (QED) is 0.547. The zero-order valence-electron chi connectivity index (χ0n) is 15.2. The highest BCUT2D eigenvalue weighted by molar-refractivity contribution is 7.99. The number of carbonyl (C=O) groups excluding carboxylic acids is 1. The van der Waals surface area contributed by atoms with Gasteiger partial charge in [0.25, 0.3) is 0 Å². The van der Waals surface area contributed by atoms with Gasteiger partial charge < -0.3 is 4.90 Å². The Morgan fingerprint density at radius 1 is 1.14 bits per heavy atom. The van der Waals surface area contributed by atoms with Crippen LogP contribution < -0.4 is 0 Å². The third-order valence-corrected chi connectivity index (χ3v) is 5.55. The van der Waals surface area contributed by atoms with Crippen LogP contribution in [-0.4, -0.2) is 42.8 Å². The molecule has 0 unspecified atom stereocenters. The molecule has 0 N–H and O–H groups in total. The summed E-state index contributed by atoms with van der Waals surface area (Å²) in [5.74, 6) is -0.0782. The molecule has 8 heteroatoms. The predicted octanol–water partition coefficient (Wildman–Crippen LogP) is 3.14. The molecule has 144 valence electrons. The van der Waals surface area contributed by atoms with E-state index in [0.717, 1.165) is 18.4 Å². The Morgan fingerprint density at radius 2 is 1.89 bits per heavy atom. The van der Waals surface area contributed by atoms with E-state index in [1.807, 2.05) is 30.3 Å². The van der Waals surface area contributed by atoms with E-state index in [-0.39, 0.29) is 23.5 Å². The molecule has 0 atom stereocenters. The molecule has 0 spiro atoms. The van der Waals surface area contributed by atoms with Gasteiger partial charge in [0.15, 0.2) is 0 Å². The number of halogens is 1.